The second-order valence-electron chi connectivity index (χ2n) is 11.9. The van der Waals surface area contributed by atoms with Crippen molar-refractivity contribution in [3.63, 3.8) is 0 Å². The minimum Gasteiger partial charge on any atom is -0.280 e. The van der Waals surface area contributed by atoms with Gasteiger partial charge in [0.05, 0.1) is 11.4 Å². The number of benzene rings is 5. The summed E-state index contributed by atoms with van der Waals surface area (Å²) in [4.78, 5) is 65.7. The van der Waals surface area contributed by atoms with Crippen molar-refractivity contribution >= 4 is 69.9 Å². The van der Waals surface area contributed by atoms with Crippen LogP contribution in [0.1, 0.15) is 50.7 Å². The van der Waals surface area contributed by atoms with Gasteiger partial charge in [-0.25, -0.2) is 0 Å². The summed E-state index contributed by atoms with van der Waals surface area (Å²) in [5.74, 6) is -3.48. The van der Waals surface area contributed by atoms with Crippen molar-refractivity contribution in [3.8, 4) is 0 Å². The van der Waals surface area contributed by atoms with E-state index in [1.165, 1.54) is 23.5 Å². The van der Waals surface area contributed by atoms with Gasteiger partial charge in [0.25, 0.3) is 0 Å². The van der Waals surface area contributed by atoms with Crippen LogP contribution in [0.2, 0.25) is 0 Å². The summed E-state index contributed by atoms with van der Waals surface area (Å²) < 4.78 is 0. The van der Waals surface area contributed by atoms with Crippen LogP contribution in [0.3, 0.4) is 0 Å². The Labute approximate surface area is 312 Å². The van der Waals surface area contributed by atoms with E-state index in [0.717, 1.165) is 21.2 Å². The van der Waals surface area contributed by atoms with Crippen molar-refractivity contribution in [1.82, 2.24) is 0 Å². The van der Waals surface area contributed by atoms with E-state index in [4.69, 9.17) is 0 Å². The van der Waals surface area contributed by atoms with Crippen LogP contribution in [0.4, 0.5) is 22.7 Å². The number of para-hydroxylation sites is 4. The smallest absolute Gasteiger partial charge is 0.246 e. The zero-order valence-corrected chi connectivity index (χ0v) is 30.9. The van der Waals surface area contributed by atoms with Crippen LogP contribution in [0.5, 0.6) is 0 Å². The molecule has 0 N–H and O–H groups in total. The zero-order valence-electron chi connectivity index (χ0n) is 29.2. The summed E-state index contributed by atoms with van der Waals surface area (Å²) in [5.41, 5.74) is 2.84. The first-order chi connectivity index (χ1) is 25.5. The van der Waals surface area contributed by atoms with E-state index < -0.39 is 22.8 Å². The molecule has 0 radical (unpaired) electrons. The largest absolute Gasteiger partial charge is 0.280 e. The van der Waals surface area contributed by atoms with Gasteiger partial charge in [0.2, 0.25) is 23.6 Å². The molecule has 5 aromatic rings. The molecule has 0 aromatic heterocycles. The molecule has 2 saturated heterocycles. The Morgan fingerprint density at radius 2 is 0.692 bits per heavy atom. The summed E-state index contributed by atoms with van der Waals surface area (Å²) in [6.45, 7) is 8.00. The second-order valence-corrected chi connectivity index (χ2v) is 14.1. The van der Waals surface area contributed by atoms with E-state index in [1.54, 1.807) is 43.9 Å². The third-order valence-electron chi connectivity index (χ3n) is 9.21. The van der Waals surface area contributed by atoms with E-state index in [1.807, 2.05) is 137 Å². The highest BCUT2D eigenvalue weighted by Gasteiger charge is 2.53. The molecule has 4 atom stereocenters. The lowest BCUT2D eigenvalue weighted by atomic mass is 9.89. The van der Waals surface area contributed by atoms with Crippen molar-refractivity contribution in [3.05, 3.63) is 145 Å². The first-order valence-electron chi connectivity index (χ1n) is 17.5. The third kappa shape index (κ3) is 5.66. The lowest BCUT2D eigenvalue weighted by molar-refractivity contribution is -0.132. The molecule has 52 heavy (non-hydrogen) atoms. The van der Waals surface area contributed by atoms with Crippen molar-refractivity contribution in [2.75, 3.05) is 19.6 Å². The van der Waals surface area contributed by atoms with Gasteiger partial charge in [0.1, 0.15) is 11.8 Å². The number of hydrogen-bond acceptors (Lipinski definition) is 6. The topological polar surface area (TPSA) is 81.2 Å². The number of amides is 4. The lowest BCUT2D eigenvalue weighted by Crippen LogP contribution is -2.60. The highest BCUT2D eigenvalue weighted by molar-refractivity contribution is 8.01. The van der Waals surface area contributed by atoms with Crippen molar-refractivity contribution in [2.45, 2.75) is 60.3 Å². The molecule has 2 fully saturated rings. The number of nitrogens with zero attached hydrogens (tertiary/aromatic N) is 4. The quantitative estimate of drug-likeness (QED) is 0.172. The Morgan fingerprint density at radius 3 is 1.06 bits per heavy atom. The zero-order chi connectivity index (χ0) is 36.5. The first kappa shape index (κ1) is 35.1. The summed E-state index contributed by atoms with van der Waals surface area (Å²) >= 11 is 2.95. The highest BCUT2D eigenvalue weighted by atomic mass is 32.2. The van der Waals surface area contributed by atoms with Crippen molar-refractivity contribution in [2.24, 2.45) is 0 Å². The van der Waals surface area contributed by atoms with Gasteiger partial charge in [-0.05, 0) is 59.7 Å². The summed E-state index contributed by atoms with van der Waals surface area (Å²) in [5, 5.41) is 0. The Balaban J connectivity index is 0.00000102. The molecule has 9 rings (SSSR count). The number of carbonyl (C=O) groups is 4. The molecule has 4 amide bonds. The monoisotopic (exact) mass is 726 g/mol. The average Bonchev–Trinajstić information content (AvgIpc) is 3.77. The number of thioether (sulfide) groups is 2. The Hall–Kier alpha value is -5.32. The molecule has 8 nitrogen and oxygen atoms in total. The fourth-order valence-electron chi connectivity index (χ4n) is 7.00. The maximum Gasteiger partial charge on any atom is 0.246 e. The summed E-state index contributed by atoms with van der Waals surface area (Å²) in [6, 6.07) is 41.0. The molecule has 0 spiro atoms. The van der Waals surface area contributed by atoms with E-state index in [9.17, 15) is 19.2 Å². The van der Waals surface area contributed by atoms with Gasteiger partial charge < -0.3 is 0 Å². The van der Waals surface area contributed by atoms with Gasteiger partial charge in [-0.2, -0.15) is 0 Å². The average molecular weight is 727 g/mol. The van der Waals surface area contributed by atoms with Crippen LogP contribution in [0.15, 0.2) is 143 Å². The highest BCUT2D eigenvalue weighted by Crippen LogP contribution is 2.51. The van der Waals surface area contributed by atoms with Gasteiger partial charge in [0, 0.05) is 21.2 Å². The number of carbonyl (C=O) groups excluding carboxylic acids is 4. The van der Waals surface area contributed by atoms with Gasteiger partial charge in [-0.1, -0.05) is 136 Å². The number of hydrogen-bond donors (Lipinski definition) is 0. The predicted molar refractivity (Wildman–Crippen MR) is 210 cm³/mol. The summed E-state index contributed by atoms with van der Waals surface area (Å²) in [6.07, 6.45) is 0. The van der Waals surface area contributed by atoms with Crippen molar-refractivity contribution in [1.29, 1.82) is 0 Å². The molecule has 0 saturated carbocycles. The molecule has 0 aliphatic carbocycles. The number of fused-ring (bicyclic) bond motifs is 6. The minimum atomic E-state index is -1.10. The van der Waals surface area contributed by atoms with Crippen molar-refractivity contribution < 1.29 is 19.2 Å². The van der Waals surface area contributed by atoms with Gasteiger partial charge >= 0.3 is 0 Å². The molecule has 4 heterocycles. The van der Waals surface area contributed by atoms with Gasteiger partial charge in [0.15, 0.2) is 11.0 Å². The molecular formula is C42H38N4O4S2. The molecule has 0 bridgehead atoms. The van der Waals surface area contributed by atoms with E-state index >= 15 is 0 Å². The van der Waals surface area contributed by atoms with E-state index in [2.05, 4.69) is 0 Å². The van der Waals surface area contributed by atoms with Crippen LogP contribution >= 0.6 is 23.5 Å². The van der Waals surface area contributed by atoms with E-state index in [-0.39, 0.29) is 23.6 Å². The second kappa shape index (κ2) is 14.7. The SMILES string of the molecule is CC.CC.O=C1C(c2ccc(C3C(=O)N(c4ccccc4)C4Sc5ccccc5N4C3=O)cc2)C(=O)N2c3ccccc3SC2N1c1ccccc1. The molecule has 262 valence electrons. The molecule has 4 unspecified atom stereocenters. The van der Waals surface area contributed by atoms with Crippen LogP contribution in [-0.2, 0) is 19.2 Å². The van der Waals surface area contributed by atoms with Crippen LogP contribution in [0.25, 0.3) is 0 Å². The van der Waals surface area contributed by atoms with Crippen LogP contribution < -0.4 is 19.6 Å². The third-order valence-corrected chi connectivity index (χ3v) is 11.7. The molecule has 4 aliphatic rings. The maximum absolute atomic E-state index is 14.3. The molecule has 5 aromatic carbocycles. The van der Waals surface area contributed by atoms with Gasteiger partial charge in [-0.15, -0.1) is 0 Å². The normalized spacial score (nSPS) is 21.3. The fraction of sp³-hybridized carbons (Fsp3) is 0.190. The lowest BCUT2D eigenvalue weighted by Gasteiger charge is -2.42. The van der Waals surface area contributed by atoms with E-state index in [0.29, 0.717) is 22.5 Å². The number of anilines is 4. The first-order valence-corrected chi connectivity index (χ1v) is 19.3. The van der Waals surface area contributed by atoms with Gasteiger partial charge in [-0.3, -0.25) is 38.8 Å². The Morgan fingerprint density at radius 1 is 0.385 bits per heavy atom. The maximum atomic E-state index is 14.3. The molecule has 4 aliphatic heterocycles. The standard InChI is InChI=1S/C38H26N4O4S2.2C2H6/c43-33-31(35(45)41-27-15-7-9-17-29(27)47-37(41)39(33)25-11-3-1-4-12-25)23-19-21-24(22-20-23)32-34(44)40(26-13-5-2-6-14-26)38-42(36(32)46)28-16-8-10-18-30(28)48-38;2*1-2/h1-22,31-32,37-38H;2*1-2H3. The minimum absolute atomic E-state index is 0.309. The Bertz CT molecular complexity index is 1980. The van der Waals surface area contributed by atoms with Crippen LogP contribution in [0, 0.1) is 0 Å². The number of rotatable bonds is 4. The predicted octanol–water partition coefficient (Wildman–Crippen LogP) is 8.84. The fourth-order valence-corrected chi connectivity index (χ4v) is 9.65. The summed E-state index contributed by atoms with van der Waals surface area (Å²) in [7, 11) is 0. The van der Waals surface area contributed by atoms with Crippen LogP contribution in [-0.4, -0.2) is 34.6 Å². The molecular weight excluding hydrogens is 689 g/mol. The Kier molecular flexibility index (Phi) is 9.94. The molecule has 10 heteroatoms.